The lowest BCUT2D eigenvalue weighted by Gasteiger charge is -2.10. The van der Waals surface area contributed by atoms with Crippen molar-refractivity contribution in [2.24, 2.45) is 5.10 Å². The molecule has 20 heavy (non-hydrogen) atoms. The quantitative estimate of drug-likeness (QED) is 0.318. The van der Waals surface area contributed by atoms with Gasteiger partial charge in [-0.15, -0.1) is 0 Å². The van der Waals surface area contributed by atoms with Crippen molar-refractivity contribution < 1.29 is 19.5 Å². The van der Waals surface area contributed by atoms with Gasteiger partial charge in [-0.2, -0.15) is 5.10 Å². The minimum absolute atomic E-state index is 0.0513. The summed E-state index contributed by atoms with van der Waals surface area (Å²) in [7, 11) is 1.35. The molecule has 8 nitrogen and oxygen atoms in total. The number of hydrogen-bond donors (Lipinski definition) is 2. The van der Waals surface area contributed by atoms with E-state index >= 15 is 0 Å². The number of nitrogens with zero attached hydrogens (tertiary/aromatic N) is 2. The number of nitro groups is 1. The van der Waals surface area contributed by atoms with Gasteiger partial charge in [0.1, 0.15) is 0 Å². The highest BCUT2D eigenvalue weighted by molar-refractivity contribution is 5.83. The summed E-state index contributed by atoms with van der Waals surface area (Å²) >= 11 is 0. The third-order valence-corrected chi connectivity index (χ3v) is 2.29. The van der Waals surface area contributed by atoms with Crippen molar-refractivity contribution in [2.75, 3.05) is 26.9 Å². The van der Waals surface area contributed by atoms with E-state index in [9.17, 15) is 10.1 Å². The summed E-state index contributed by atoms with van der Waals surface area (Å²) in [5.74, 6) is 0.366. The fraction of sp³-hybridized carbons (Fsp3) is 0.417. The minimum Gasteiger partial charge on any atom is -0.490 e. The van der Waals surface area contributed by atoms with Crippen LogP contribution in [0.5, 0.6) is 11.5 Å². The number of benzene rings is 1. The molecule has 1 aromatic carbocycles. The highest BCUT2D eigenvalue weighted by atomic mass is 16.6. The molecule has 2 N–H and O–H groups in total. The molecule has 0 unspecified atom stereocenters. The molecule has 0 heterocycles. The predicted octanol–water partition coefficient (Wildman–Crippen LogP) is 0.918. The van der Waals surface area contributed by atoms with E-state index in [0.29, 0.717) is 18.7 Å². The summed E-state index contributed by atoms with van der Waals surface area (Å²) in [6.07, 6.45) is 1.41. The van der Waals surface area contributed by atoms with E-state index in [4.69, 9.17) is 14.6 Å². The summed E-state index contributed by atoms with van der Waals surface area (Å²) in [6.45, 7) is 2.38. The van der Waals surface area contributed by atoms with E-state index in [-0.39, 0.29) is 23.8 Å². The van der Waals surface area contributed by atoms with Gasteiger partial charge in [0.2, 0.25) is 5.75 Å². The zero-order valence-corrected chi connectivity index (χ0v) is 11.3. The van der Waals surface area contributed by atoms with Crippen molar-refractivity contribution in [3.05, 3.63) is 27.8 Å². The SMILES string of the molecule is CCOc1cc(C=NNCCO)cc([N+](=O)[O-])c1OC. The maximum absolute atomic E-state index is 11.0. The summed E-state index contributed by atoms with van der Waals surface area (Å²) in [4.78, 5) is 10.5. The Hall–Kier alpha value is -2.35. The first-order valence-corrected chi connectivity index (χ1v) is 6.00. The van der Waals surface area contributed by atoms with E-state index < -0.39 is 4.92 Å². The number of methoxy groups -OCH3 is 1. The highest BCUT2D eigenvalue weighted by Gasteiger charge is 2.21. The van der Waals surface area contributed by atoms with Gasteiger partial charge in [0.25, 0.3) is 0 Å². The molecular weight excluding hydrogens is 266 g/mol. The Balaban J connectivity index is 3.13. The average Bonchev–Trinajstić information content (AvgIpc) is 2.43. The van der Waals surface area contributed by atoms with Crippen molar-refractivity contribution in [3.8, 4) is 11.5 Å². The molecule has 110 valence electrons. The molecule has 0 aliphatic rings. The molecule has 0 amide bonds. The van der Waals surface area contributed by atoms with Crippen LogP contribution in [0.1, 0.15) is 12.5 Å². The maximum Gasteiger partial charge on any atom is 0.315 e. The Bertz CT molecular complexity index is 490. The van der Waals surface area contributed by atoms with Crippen molar-refractivity contribution in [2.45, 2.75) is 6.92 Å². The molecule has 0 fully saturated rings. The van der Waals surface area contributed by atoms with E-state index in [1.807, 2.05) is 0 Å². The summed E-state index contributed by atoms with van der Waals surface area (Å²) in [6, 6.07) is 2.94. The van der Waals surface area contributed by atoms with Crippen molar-refractivity contribution in [1.82, 2.24) is 5.43 Å². The van der Waals surface area contributed by atoms with Crippen molar-refractivity contribution >= 4 is 11.9 Å². The Labute approximate surface area is 116 Å². The standard InChI is InChI=1S/C12H17N3O5/c1-3-20-11-7-9(8-14-13-4-5-16)6-10(15(17)18)12(11)19-2/h6-8,13,16H,3-5H2,1-2H3. The van der Waals surface area contributed by atoms with Crippen molar-refractivity contribution in [1.29, 1.82) is 0 Å². The molecule has 0 saturated carbocycles. The molecule has 1 rings (SSSR count). The van der Waals surface area contributed by atoms with E-state index in [1.165, 1.54) is 19.4 Å². The zero-order valence-electron chi connectivity index (χ0n) is 11.3. The normalized spacial score (nSPS) is 10.6. The van der Waals surface area contributed by atoms with Gasteiger partial charge in [0, 0.05) is 11.6 Å². The minimum atomic E-state index is -0.542. The van der Waals surface area contributed by atoms with Gasteiger partial charge in [-0.25, -0.2) is 0 Å². The molecule has 0 spiro atoms. The van der Waals surface area contributed by atoms with E-state index in [0.717, 1.165) is 0 Å². The largest absolute Gasteiger partial charge is 0.490 e. The maximum atomic E-state index is 11.0. The number of rotatable bonds is 8. The number of aliphatic hydroxyl groups excluding tert-OH is 1. The van der Waals surface area contributed by atoms with Crippen LogP contribution in [-0.4, -0.2) is 43.1 Å². The molecule has 0 saturated heterocycles. The third kappa shape index (κ3) is 4.09. The molecule has 8 heteroatoms. The van der Waals surface area contributed by atoms with E-state index in [1.54, 1.807) is 13.0 Å². The fourth-order valence-electron chi connectivity index (χ4n) is 1.52. The van der Waals surface area contributed by atoms with Crippen LogP contribution in [0.15, 0.2) is 17.2 Å². The molecule has 0 bridgehead atoms. The van der Waals surface area contributed by atoms with Gasteiger partial charge < -0.3 is 20.0 Å². The smallest absolute Gasteiger partial charge is 0.315 e. The van der Waals surface area contributed by atoms with Crippen LogP contribution in [0.4, 0.5) is 5.69 Å². The number of hydrogen-bond acceptors (Lipinski definition) is 7. The predicted molar refractivity (Wildman–Crippen MR) is 73.5 cm³/mol. The average molecular weight is 283 g/mol. The second kappa shape index (κ2) is 7.95. The van der Waals surface area contributed by atoms with Gasteiger partial charge in [-0.3, -0.25) is 10.1 Å². The molecule has 0 radical (unpaired) electrons. The molecule has 0 aliphatic carbocycles. The monoisotopic (exact) mass is 283 g/mol. The Morgan fingerprint density at radius 1 is 1.55 bits per heavy atom. The Kier molecular flexibility index (Phi) is 6.24. The van der Waals surface area contributed by atoms with Gasteiger partial charge in [-0.05, 0) is 13.0 Å². The molecule has 1 aromatic rings. The first kappa shape index (κ1) is 15.7. The van der Waals surface area contributed by atoms with Crippen LogP contribution in [-0.2, 0) is 0 Å². The van der Waals surface area contributed by atoms with Crippen LogP contribution in [0.3, 0.4) is 0 Å². The summed E-state index contributed by atoms with van der Waals surface area (Å²) in [5, 5.41) is 23.5. The molecule has 0 aliphatic heterocycles. The van der Waals surface area contributed by atoms with Crippen LogP contribution >= 0.6 is 0 Å². The fourth-order valence-corrected chi connectivity index (χ4v) is 1.52. The third-order valence-electron chi connectivity index (χ3n) is 2.29. The summed E-state index contributed by atoms with van der Waals surface area (Å²) in [5.41, 5.74) is 2.89. The van der Waals surface area contributed by atoms with Gasteiger partial charge in [0.15, 0.2) is 5.75 Å². The first-order chi connectivity index (χ1) is 9.63. The highest BCUT2D eigenvalue weighted by Crippen LogP contribution is 2.37. The molecule has 0 aromatic heterocycles. The number of nitrogens with one attached hydrogen (secondary N) is 1. The number of nitro benzene ring substituents is 1. The van der Waals surface area contributed by atoms with Crippen molar-refractivity contribution in [3.63, 3.8) is 0 Å². The van der Waals surface area contributed by atoms with E-state index in [2.05, 4.69) is 10.5 Å². The lowest BCUT2D eigenvalue weighted by Crippen LogP contribution is -2.11. The van der Waals surface area contributed by atoms with Gasteiger partial charge in [0.05, 0.1) is 38.0 Å². The van der Waals surface area contributed by atoms with Crippen LogP contribution in [0.25, 0.3) is 0 Å². The summed E-state index contributed by atoms with van der Waals surface area (Å²) < 4.78 is 10.4. The molecule has 0 atom stereocenters. The lowest BCUT2D eigenvalue weighted by molar-refractivity contribution is -0.385. The second-order valence-corrected chi connectivity index (χ2v) is 3.65. The second-order valence-electron chi connectivity index (χ2n) is 3.65. The van der Waals surface area contributed by atoms with Crippen LogP contribution < -0.4 is 14.9 Å². The zero-order chi connectivity index (χ0) is 15.0. The number of aliphatic hydroxyl groups is 1. The molecular formula is C12H17N3O5. The van der Waals surface area contributed by atoms with Crippen LogP contribution in [0.2, 0.25) is 0 Å². The van der Waals surface area contributed by atoms with Crippen LogP contribution in [0, 0.1) is 10.1 Å². The Morgan fingerprint density at radius 3 is 2.85 bits per heavy atom. The lowest BCUT2D eigenvalue weighted by atomic mass is 10.2. The van der Waals surface area contributed by atoms with Gasteiger partial charge >= 0.3 is 5.69 Å². The Morgan fingerprint density at radius 2 is 2.30 bits per heavy atom. The van der Waals surface area contributed by atoms with Gasteiger partial charge in [-0.1, -0.05) is 0 Å². The number of ether oxygens (including phenoxy) is 2. The first-order valence-electron chi connectivity index (χ1n) is 6.00. The number of hydrazone groups is 1. The topological polar surface area (TPSA) is 106 Å².